The first-order valence-corrected chi connectivity index (χ1v) is 8.03. The van der Waals surface area contributed by atoms with E-state index in [1.165, 1.54) is 11.1 Å². The Morgan fingerprint density at radius 2 is 1.83 bits per heavy atom. The van der Waals surface area contributed by atoms with Gasteiger partial charge in [0, 0.05) is 12.1 Å². The van der Waals surface area contributed by atoms with Gasteiger partial charge in [0.25, 0.3) is 5.91 Å². The monoisotopic (exact) mass is 311 g/mol. The Kier molecular flexibility index (Phi) is 5.80. The highest BCUT2D eigenvalue weighted by atomic mass is 16.5. The predicted octanol–water partition coefficient (Wildman–Crippen LogP) is 4.10. The second-order valence-corrected chi connectivity index (χ2v) is 6.10. The van der Waals surface area contributed by atoms with Gasteiger partial charge in [-0.25, -0.2) is 0 Å². The quantitative estimate of drug-likeness (QED) is 0.872. The van der Waals surface area contributed by atoms with Crippen LogP contribution in [-0.4, -0.2) is 19.6 Å². The molecule has 3 nitrogen and oxygen atoms in total. The van der Waals surface area contributed by atoms with Gasteiger partial charge in [-0.1, -0.05) is 43.7 Å². The Morgan fingerprint density at radius 1 is 1.13 bits per heavy atom. The second kappa shape index (κ2) is 7.82. The average molecular weight is 311 g/mol. The van der Waals surface area contributed by atoms with Crippen LogP contribution in [0.5, 0.6) is 5.75 Å². The van der Waals surface area contributed by atoms with Gasteiger partial charge >= 0.3 is 0 Å². The number of nitrogens with one attached hydrogen (secondary N) is 1. The number of ether oxygens (including phenoxy) is 1. The summed E-state index contributed by atoms with van der Waals surface area (Å²) in [6.07, 6.45) is 0.751. The molecule has 0 bridgehead atoms. The minimum atomic E-state index is -0.0353. The topological polar surface area (TPSA) is 38.3 Å². The summed E-state index contributed by atoms with van der Waals surface area (Å²) in [5, 5.41) is 2.97. The van der Waals surface area contributed by atoms with Crippen LogP contribution in [0.4, 0.5) is 0 Å². The third kappa shape index (κ3) is 4.59. The lowest BCUT2D eigenvalue weighted by Crippen LogP contribution is -2.25. The van der Waals surface area contributed by atoms with Gasteiger partial charge in [0.1, 0.15) is 5.75 Å². The molecule has 0 unspecified atom stereocenters. The van der Waals surface area contributed by atoms with Crippen LogP contribution in [0.15, 0.2) is 42.5 Å². The third-order valence-corrected chi connectivity index (χ3v) is 3.96. The SMILES string of the molecule is COc1ccc(C)cc1CCNC(=O)c1ccc(C(C)C)cc1. The number of carbonyl (C=O) groups is 1. The van der Waals surface area contributed by atoms with Crippen LogP contribution in [0.1, 0.15) is 46.8 Å². The third-order valence-electron chi connectivity index (χ3n) is 3.96. The van der Waals surface area contributed by atoms with Crippen molar-refractivity contribution >= 4 is 5.91 Å². The lowest BCUT2D eigenvalue weighted by atomic mass is 10.0. The van der Waals surface area contributed by atoms with Crippen molar-refractivity contribution in [2.45, 2.75) is 33.1 Å². The van der Waals surface area contributed by atoms with E-state index >= 15 is 0 Å². The number of aryl methyl sites for hydroxylation is 1. The molecular weight excluding hydrogens is 286 g/mol. The predicted molar refractivity (Wildman–Crippen MR) is 94.3 cm³/mol. The maximum atomic E-state index is 12.2. The van der Waals surface area contributed by atoms with Gasteiger partial charge in [0.2, 0.25) is 0 Å². The number of carbonyl (C=O) groups excluding carboxylic acids is 1. The maximum absolute atomic E-state index is 12.2. The molecule has 0 saturated carbocycles. The van der Waals surface area contributed by atoms with E-state index < -0.39 is 0 Å². The van der Waals surface area contributed by atoms with E-state index in [1.54, 1.807) is 7.11 Å². The van der Waals surface area contributed by atoms with Crippen LogP contribution in [0.2, 0.25) is 0 Å². The van der Waals surface area contributed by atoms with Crippen molar-refractivity contribution in [3.8, 4) is 5.75 Å². The summed E-state index contributed by atoms with van der Waals surface area (Å²) in [5.74, 6) is 1.30. The minimum absolute atomic E-state index is 0.0353. The number of methoxy groups -OCH3 is 1. The molecule has 0 spiro atoms. The summed E-state index contributed by atoms with van der Waals surface area (Å²) < 4.78 is 5.37. The normalized spacial score (nSPS) is 10.7. The molecule has 0 heterocycles. The van der Waals surface area contributed by atoms with E-state index in [4.69, 9.17) is 4.74 Å². The van der Waals surface area contributed by atoms with E-state index in [-0.39, 0.29) is 5.91 Å². The van der Waals surface area contributed by atoms with Gasteiger partial charge < -0.3 is 10.1 Å². The highest BCUT2D eigenvalue weighted by molar-refractivity contribution is 5.94. The van der Waals surface area contributed by atoms with Gasteiger partial charge in [-0.2, -0.15) is 0 Å². The first-order valence-electron chi connectivity index (χ1n) is 8.03. The summed E-state index contributed by atoms with van der Waals surface area (Å²) >= 11 is 0. The van der Waals surface area contributed by atoms with Crippen LogP contribution in [-0.2, 0) is 6.42 Å². The highest BCUT2D eigenvalue weighted by Crippen LogP contribution is 2.20. The van der Waals surface area contributed by atoms with Crippen LogP contribution in [0.25, 0.3) is 0 Å². The highest BCUT2D eigenvalue weighted by Gasteiger charge is 2.08. The van der Waals surface area contributed by atoms with Gasteiger partial charge in [0.15, 0.2) is 0 Å². The molecule has 2 rings (SSSR count). The van der Waals surface area contributed by atoms with E-state index in [0.717, 1.165) is 17.7 Å². The fourth-order valence-corrected chi connectivity index (χ4v) is 2.53. The Hall–Kier alpha value is -2.29. The fourth-order valence-electron chi connectivity index (χ4n) is 2.53. The zero-order chi connectivity index (χ0) is 16.8. The smallest absolute Gasteiger partial charge is 0.251 e. The van der Waals surface area contributed by atoms with Crippen LogP contribution in [0.3, 0.4) is 0 Å². The number of rotatable bonds is 6. The average Bonchev–Trinajstić information content (AvgIpc) is 2.55. The van der Waals surface area contributed by atoms with Crippen molar-refractivity contribution in [2.75, 3.05) is 13.7 Å². The molecule has 23 heavy (non-hydrogen) atoms. The van der Waals surface area contributed by atoms with Gasteiger partial charge in [-0.3, -0.25) is 4.79 Å². The first kappa shape index (κ1) is 17.1. The summed E-state index contributed by atoms with van der Waals surface area (Å²) in [6.45, 7) is 6.93. The second-order valence-electron chi connectivity index (χ2n) is 6.10. The lowest BCUT2D eigenvalue weighted by molar-refractivity contribution is 0.0954. The molecule has 122 valence electrons. The van der Waals surface area contributed by atoms with Crippen molar-refractivity contribution < 1.29 is 9.53 Å². The molecular formula is C20H25NO2. The number of hydrogen-bond donors (Lipinski definition) is 1. The molecule has 0 aliphatic carbocycles. The fraction of sp³-hybridized carbons (Fsp3) is 0.350. The summed E-state index contributed by atoms with van der Waals surface area (Å²) in [6, 6.07) is 13.9. The number of amides is 1. The first-order chi connectivity index (χ1) is 11.0. The molecule has 0 aliphatic rings. The molecule has 1 N–H and O–H groups in total. The Labute approximate surface area is 138 Å². The van der Waals surface area contributed by atoms with Crippen LogP contribution >= 0.6 is 0 Å². The Morgan fingerprint density at radius 3 is 2.43 bits per heavy atom. The Balaban J connectivity index is 1.93. The minimum Gasteiger partial charge on any atom is -0.496 e. The van der Waals surface area contributed by atoms with Crippen LogP contribution < -0.4 is 10.1 Å². The molecule has 0 atom stereocenters. The van der Waals surface area contributed by atoms with Crippen molar-refractivity contribution in [3.63, 3.8) is 0 Å². The zero-order valence-corrected chi connectivity index (χ0v) is 14.3. The zero-order valence-electron chi connectivity index (χ0n) is 14.3. The molecule has 3 heteroatoms. The molecule has 0 radical (unpaired) electrons. The maximum Gasteiger partial charge on any atom is 0.251 e. The molecule has 0 saturated heterocycles. The summed E-state index contributed by atoms with van der Waals surface area (Å²) in [4.78, 5) is 12.2. The van der Waals surface area contributed by atoms with Crippen molar-refractivity contribution in [1.29, 1.82) is 0 Å². The van der Waals surface area contributed by atoms with E-state index in [2.05, 4.69) is 32.2 Å². The van der Waals surface area contributed by atoms with E-state index in [1.807, 2.05) is 36.4 Å². The molecule has 0 aromatic heterocycles. The van der Waals surface area contributed by atoms with Crippen molar-refractivity contribution in [1.82, 2.24) is 5.32 Å². The molecule has 1 amide bonds. The van der Waals surface area contributed by atoms with Crippen LogP contribution in [0, 0.1) is 6.92 Å². The van der Waals surface area contributed by atoms with Crippen molar-refractivity contribution in [3.05, 3.63) is 64.7 Å². The van der Waals surface area contributed by atoms with Gasteiger partial charge in [-0.15, -0.1) is 0 Å². The van der Waals surface area contributed by atoms with Gasteiger partial charge in [0.05, 0.1) is 7.11 Å². The molecule has 0 fully saturated rings. The molecule has 2 aromatic carbocycles. The summed E-state index contributed by atoms with van der Waals surface area (Å²) in [7, 11) is 1.67. The van der Waals surface area contributed by atoms with E-state index in [9.17, 15) is 4.79 Å². The lowest BCUT2D eigenvalue weighted by Gasteiger charge is -2.11. The molecule has 0 aliphatic heterocycles. The van der Waals surface area contributed by atoms with E-state index in [0.29, 0.717) is 18.0 Å². The largest absolute Gasteiger partial charge is 0.496 e. The van der Waals surface area contributed by atoms with Gasteiger partial charge in [-0.05, 0) is 48.6 Å². The molecule has 2 aromatic rings. The summed E-state index contributed by atoms with van der Waals surface area (Å²) in [5.41, 5.74) is 4.25. The Bertz CT molecular complexity index is 660. The number of benzene rings is 2. The standard InChI is InChI=1S/C20H25NO2/c1-14(2)16-6-8-17(9-7-16)20(22)21-12-11-18-13-15(3)5-10-19(18)23-4/h5-10,13-14H,11-12H2,1-4H3,(H,21,22). The number of hydrogen-bond acceptors (Lipinski definition) is 2. The van der Waals surface area contributed by atoms with Crippen molar-refractivity contribution in [2.24, 2.45) is 0 Å².